The van der Waals surface area contributed by atoms with Gasteiger partial charge in [0, 0.05) is 22.5 Å². The zero-order valence-electron chi connectivity index (χ0n) is 13.9. The minimum Gasteiger partial charge on any atom is -0.399 e. The summed E-state index contributed by atoms with van der Waals surface area (Å²) in [5, 5.41) is 4.84. The summed E-state index contributed by atoms with van der Waals surface area (Å²) < 4.78 is 21.4. The second-order valence-corrected chi connectivity index (χ2v) is 6.96. The Bertz CT molecular complexity index is 986. The molecule has 3 rings (SSSR count). The first kappa shape index (κ1) is 19.2. The van der Waals surface area contributed by atoms with Gasteiger partial charge in [-0.3, -0.25) is 4.79 Å². The van der Waals surface area contributed by atoms with Crippen LogP contribution >= 0.6 is 0 Å². The summed E-state index contributed by atoms with van der Waals surface area (Å²) >= 11 is 0. The molecule has 0 aliphatic heterocycles. The van der Waals surface area contributed by atoms with Crippen LogP contribution in [0.3, 0.4) is 0 Å². The van der Waals surface area contributed by atoms with Crippen LogP contribution in [-0.2, 0) is 10.0 Å². The molecular formula is C19H19N3O3S. The van der Waals surface area contributed by atoms with Crippen molar-refractivity contribution < 1.29 is 13.2 Å². The summed E-state index contributed by atoms with van der Waals surface area (Å²) in [6, 6.07) is 21.9. The Morgan fingerprint density at radius 3 is 1.81 bits per heavy atom. The molecule has 26 heavy (non-hydrogen) atoms. The minimum absolute atomic E-state index is 0.0336. The number of para-hydroxylation sites is 1. The molecule has 134 valence electrons. The Morgan fingerprint density at radius 2 is 1.27 bits per heavy atom. The molecule has 0 heterocycles. The Balaban J connectivity index is 0.000000197. The van der Waals surface area contributed by atoms with Crippen LogP contribution in [0.5, 0.6) is 0 Å². The van der Waals surface area contributed by atoms with Gasteiger partial charge in [-0.2, -0.15) is 0 Å². The van der Waals surface area contributed by atoms with Gasteiger partial charge in [-0.15, -0.1) is 0 Å². The number of carbonyl (C=O) groups is 1. The largest absolute Gasteiger partial charge is 0.399 e. The zero-order chi connectivity index (χ0) is 19.2. The number of rotatable bonds is 3. The van der Waals surface area contributed by atoms with Crippen LogP contribution in [0.4, 0.5) is 11.4 Å². The number of ketones is 1. The molecule has 0 bridgehead atoms. The third-order valence-corrected chi connectivity index (χ3v) is 4.38. The number of nitrogens with two attached hydrogens (primary N) is 3. The topological polar surface area (TPSA) is 129 Å². The van der Waals surface area contributed by atoms with Crippen LogP contribution in [0.1, 0.15) is 15.9 Å². The monoisotopic (exact) mass is 369 g/mol. The number of hydrogen-bond donors (Lipinski definition) is 3. The van der Waals surface area contributed by atoms with Crippen molar-refractivity contribution in [2.75, 3.05) is 11.5 Å². The molecule has 0 aromatic heterocycles. The average molecular weight is 369 g/mol. The molecule has 0 amide bonds. The quantitative estimate of drug-likeness (QED) is 0.482. The van der Waals surface area contributed by atoms with Crippen molar-refractivity contribution in [1.29, 1.82) is 0 Å². The Labute approximate surface area is 152 Å². The number of hydrogen-bond acceptors (Lipinski definition) is 5. The van der Waals surface area contributed by atoms with Gasteiger partial charge in [-0.05, 0) is 36.4 Å². The molecule has 0 atom stereocenters. The van der Waals surface area contributed by atoms with Gasteiger partial charge in [-0.25, -0.2) is 13.6 Å². The van der Waals surface area contributed by atoms with E-state index in [1.54, 1.807) is 24.3 Å². The SMILES string of the molecule is Nc1ccc(S(N)(=O)=O)cc1.Nc1ccccc1C(=O)c1ccccc1. The molecule has 0 aliphatic rings. The molecule has 3 aromatic rings. The van der Waals surface area contributed by atoms with Crippen molar-refractivity contribution in [3.05, 3.63) is 90.0 Å². The standard InChI is InChI=1S/C13H11NO.C6H8N2O2S/c14-12-9-5-4-8-11(12)13(15)10-6-2-1-3-7-10;7-5-1-3-6(4-2-5)11(8,9)10/h1-9H,14H2;1-4H,7H2,(H2,8,9,10). The van der Waals surface area contributed by atoms with Crippen molar-refractivity contribution in [1.82, 2.24) is 0 Å². The minimum atomic E-state index is -3.58. The molecule has 0 fully saturated rings. The molecule has 0 spiro atoms. The van der Waals surface area contributed by atoms with Gasteiger partial charge in [0.25, 0.3) is 0 Å². The fourth-order valence-electron chi connectivity index (χ4n) is 2.11. The maximum Gasteiger partial charge on any atom is 0.238 e. The van der Waals surface area contributed by atoms with Crippen LogP contribution in [0, 0.1) is 0 Å². The Kier molecular flexibility index (Phi) is 6.11. The second-order valence-electron chi connectivity index (χ2n) is 5.40. The van der Waals surface area contributed by atoms with Crippen molar-refractivity contribution in [3.63, 3.8) is 0 Å². The summed E-state index contributed by atoms with van der Waals surface area (Å²) in [5.74, 6) is -0.0336. The van der Waals surface area contributed by atoms with E-state index >= 15 is 0 Å². The van der Waals surface area contributed by atoms with Crippen molar-refractivity contribution >= 4 is 27.2 Å². The molecule has 0 unspecified atom stereocenters. The van der Waals surface area contributed by atoms with Crippen LogP contribution < -0.4 is 16.6 Å². The highest BCUT2D eigenvalue weighted by molar-refractivity contribution is 7.89. The normalized spacial score (nSPS) is 10.5. The molecule has 6 nitrogen and oxygen atoms in total. The Morgan fingerprint density at radius 1 is 0.731 bits per heavy atom. The Hall–Kier alpha value is -3.16. The third-order valence-electron chi connectivity index (χ3n) is 3.45. The van der Waals surface area contributed by atoms with Crippen molar-refractivity contribution in [3.8, 4) is 0 Å². The lowest BCUT2D eigenvalue weighted by atomic mass is 10.0. The smallest absolute Gasteiger partial charge is 0.238 e. The lowest BCUT2D eigenvalue weighted by molar-refractivity contribution is 0.103. The number of sulfonamides is 1. The lowest BCUT2D eigenvalue weighted by Crippen LogP contribution is -2.11. The lowest BCUT2D eigenvalue weighted by Gasteiger charge is -2.03. The summed E-state index contributed by atoms with van der Waals surface area (Å²) in [6.07, 6.45) is 0. The fraction of sp³-hybridized carbons (Fsp3) is 0. The number of benzene rings is 3. The van der Waals surface area contributed by atoms with E-state index in [1.165, 1.54) is 24.3 Å². The maximum absolute atomic E-state index is 12.0. The van der Waals surface area contributed by atoms with Crippen LogP contribution in [0.15, 0.2) is 83.8 Å². The third kappa shape index (κ3) is 5.17. The maximum atomic E-state index is 12.0. The van der Waals surface area contributed by atoms with Gasteiger partial charge in [-0.1, -0.05) is 42.5 Å². The van der Waals surface area contributed by atoms with Crippen molar-refractivity contribution in [2.45, 2.75) is 4.90 Å². The van der Waals surface area contributed by atoms with Crippen LogP contribution in [0.25, 0.3) is 0 Å². The first-order chi connectivity index (χ1) is 12.3. The first-order valence-electron chi connectivity index (χ1n) is 7.61. The summed E-state index contributed by atoms with van der Waals surface area (Å²) in [4.78, 5) is 12.1. The predicted octanol–water partition coefficient (Wildman–Crippen LogP) is 2.42. The molecular weight excluding hydrogens is 350 g/mol. The van der Waals surface area contributed by atoms with Crippen molar-refractivity contribution in [2.24, 2.45) is 5.14 Å². The molecule has 0 saturated heterocycles. The molecule has 0 aliphatic carbocycles. The van der Waals surface area contributed by atoms with Gasteiger partial charge in [0.15, 0.2) is 5.78 Å². The molecule has 0 saturated carbocycles. The second kappa shape index (κ2) is 8.28. The molecule has 7 heteroatoms. The van der Waals surface area contributed by atoms with E-state index in [1.807, 2.05) is 30.3 Å². The summed E-state index contributed by atoms with van der Waals surface area (Å²) in [6.45, 7) is 0. The summed E-state index contributed by atoms with van der Waals surface area (Å²) in [5.41, 5.74) is 13.3. The van der Waals surface area contributed by atoms with Crippen LogP contribution in [-0.4, -0.2) is 14.2 Å². The van der Waals surface area contributed by atoms with Crippen LogP contribution in [0.2, 0.25) is 0 Å². The van der Waals surface area contributed by atoms with E-state index < -0.39 is 10.0 Å². The van der Waals surface area contributed by atoms with E-state index in [0.29, 0.717) is 22.5 Å². The van der Waals surface area contributed by atoms with E-state index in [2.05, 4.69) is 0 Å². The first-order valence-corrected chi connectivity index (χ1v) is 9.16. The highest BCUT2D eigenvalue weighted by atomic mass is 32.2. The van der Waals surface area contributed by atoms with E-state index in [0.717, 1.165) is 0 Å². The highest BCUT2D eigenvalue weighted by Gasteiger charge is 2.10. The van der Waals surface area contributed by atoms with E-state index in [4.69, 9.17) is 16.6 Å². The van der Waals surface area contributed by atoms with Gasteiger partial charge < -0.3 is 11.5 Å². The summed E-state index contributed by atoms with van der Waals surface area (Å²) in [7, 11) is -3.58. The van der Waals surface area contributed by atoms with Gasteiger partial charge >= 0.3 is 0 Å². The highest BCUT2D eigenvalue weighted by Crippen LogP contribution is 2.15. The predicted molar refractivity (Wildman–Crippen MR) is 103 cm³/mol. The number of anilines is 2. The number of carbonyl (C=O) groups excluding carboxylic acids is 1. The molecule has 3 aromatic carbocycles. The van der Waals surface area contributed by atoms with Gasteiger partial charge in [0.1, 0.15) is 0 Å². The number of nitrogen functional groups attached to an aromatic ring is 2. The van der Waals surface area contributed by atoms with E-state index in [9.17, 15) is 13.2 Å². The molecule has 6 N–H and O–H groups in total. The number of primary sulfonamides is 1. The fourth-order valence-corrected chi connectivity index (χ4v) is 2.62. The van der Waals surface area contributed by atoms with Gasteiger partial charge in [0.2, 0.25) is 10.0 Å². The van der Waals surface area contributed by atoms with Gasteiger partial charge in [0.05, 0.1) is 4.90 Å². The molecule has 0 radical (unpaired) electrons. The zero-order valence-corrected chi connectivity index (χ0v) is 14.7. The van der Waals surface area contributed by atoms with E-state index in [-0.39, 0.29) is 10.7 Å². The average Bonchev–Trinajstić information content (AvgIpc) is 2.62.